The second-order valence-corrected chi connectivity index (χ2v) is 8.11. The fourth-order valence-corrected chi connectivity index (χ4v) is 3.08. The second-order valence-electron chi connectivity index (χ2n) is 8.11. The highest BCUT2D eigenvalue weighted by molar-refractivity contribution is 6.12. The molecule has 2 aromatic rings. The van der Waals surface area contributed by atoms with Gasteiger partial charge in [-0.05, 0) is 52.2 Å². The van der Waals surface area contributed by atoms with Gasteiger partial charge in [0.15, 0.2) is 11.5 Å². The first kappa shape index (κ1) is 23.1. The van der Waals surface area contributed by atoms with Gasteiger partial charge in [-0.3, -0.25) is 14.4 Å². The molecule has 0 fully saturated rings. The van der Waals surface area contributed by atoms with Crippen LogP contribution in [0.15, 0.2) is 67.3 Å². The molecule has 0 heterocycles. The molecule has 1 atom stereocenters. The van der Waals surface area contributed by atoms with Gasteiger partial charge in [0.1, 0.15) is 5.41 Å². The molecule has 30 heavy (non-hydrogen) atoms. The third-order valence-corrected chi connectivity index (χ3v) is 4.98. The Balaban J connectivity index is 2.30. The van der Waals surface area contributed by atoms with Crippen LogP contribution in [-0.4, -0.2) is 23.4 Å². The van der Waals surface area contributed by atoms with E-state index in [1.165, 1.54) is 0 Å². The highest BCUT2D eigenvalue weighted by atomic mass is 16.6. The van der Waals surface area contributed by atoms with Crippen molar-refractivity contribution in [3.63, 3.8) is 0 Å². The summed E-state index contributed by atoms with van der Waals surface area (Å²) in [6, 6.07) is 16.7. The first-order valence-corrected chi connectivity index (χ1v) is 9.91. The van der Waals surface area contributed by atoms with Crippen molar-refractivity contribution in [1.82, 2.24) is 5.32 Å². The van der Waals surface area contributed by atoms with Gasteiger partial charge in [0.2, 0.25) is 5.91 Å². The molecule has 0 aromatic heterocycles. The van der Waals surface area contributed by atoms with Crippen LogP contribution in [0, 0.1) is 12.3 Å². The van der Waals surface area contributed by atoms with Crippen molar-refractivity contribution < 1.29 is 19.1 Å². The van der Waals surface area contributed by atoms with Crippen molar-refractivity contribution in [2.75, 3.05) is 0 Å². The Morgan fingerprint density at radius 2 is 1.60 bits per heavy atom. The van der Waals surface area contributed by atoms with Crippen LogP contribution >= 0.6 is 0 Å². The summed E-state index contributed by atoms with van der Waals surface area (Å²) < 4.78 is 5.59. The Morgan fingerprint density at radius 3 is 2.17 bits per heavy atom. The number of hydrogen-bond donors (Lipinski definition) is 1. The molecule has 0 aliphatic heterocycles. The molecule has 0 spiro atoms. The van der Waals surface area contributed by atoms with Gasteiger partial charge < -0.3 is 10.1 Å². The van der Waals surface area contributed by atoms with Crippen LogP contribution in [-0.2, 0) is 20.7 Å². The number of carbonyl (C=O) groups excluding carboxylic acids is 3. The van der Waals surface area contributed by atoms with Gasteiger partial charge in [-0.25, -0.2) is 0 Å². The Morgan fingerprint density at radius 1 is 1.00 bits per heavy atom. The molecule has 0 radical (unpaired) electrons. The molecule has 0 saturated heterocycles. The highest BCUT2D eigenvalue weighted by Gasteiger charge is 2.44. The molecule has 0 saturated carbocycles. The maximum atomic E-state index is 13.3. The first-order chi connectivity index (χ1) is 14.1. The van der Waals surface area contributed by atoms with Gasteiger partial charge in [-0.2, -0.15) is 0 Å². The Labute approximate surface area is 178 Å². The fraction of sp³-hybridized carbons (Fsp3) is 0.320. The van der Waals surface area contributed by atoms with Crippen molar-refractivity contribution in [3.05, 3.63) is 83.9 Å². The third-order valence-electron chi connectivity index (χ3n) is 4.98. The molecule has 0 aliphatic rings. The smallest absolute Gasteiger partial charge is 0.321 e. The molecule has 5 nitrogen and oxygen atoms in total. The molecule has 0 bridgehead atoms. The number of ether oxygens (including phenoxy) is 1. The minimum atomic E-state index is -1.41. The zero-order valence-electron chi connectivity index (χ0n) is 18.0. The van der Waals surface area contributed by atoms with E-state index in [-0.39, 0.29) is 12.2 Å². The minimum absolute atomic E-state index is 0.272. The SMILES string of the molecule is C=CC(=O)NC(C)(C)OC(=O)C(C)(CCc1ccc(C)cc1)C(=O)c1ccccc1. The van der Waals surface area contributed by atoms with E-state index in [0.29, 0.717) is 12.0 Å². The van der Waals surface area contributed by atoms with E-state index in [2.05, 4.69) is 11.9 Å². The van der Waals surface area contributed by atoms with E-state index >= 15 is 0 Å². The molecule has 1 unspecified atom stereocenters. The lowest BCUT2D eigenvalue weighted by Crippen LogP contribution is -2.50. The summed E-state index contributed by atoms with van der Waals surface area (Å²) in [5, 5.41) is 2.56. The van der Waals surface area contributed by atoms with Crippen LogP contribution in [0.25, 0.3) is 0 Å². The summed E-state index contributed by atoms with van der Waals surface area (Å²) in [6.45, 7) is 10.1. The Hall–Kier alpha value is -3.21. The summed E-state index contributed by atoms with van der Waals surface area (Å²) >= 11 is 0. The van der Waals surface area contributed by atoms with E-state index in [4.69, 9.17) is 4.74 Å². The lowest BCUT2D eigenvalue weighted by molar-refractivity contribution is -0.169. The Bertz CT molecular complexity index is 916. The number of nitrogens with one attached hydrogen (secondary N) is 1. The number of Topliss-reactive ketones (excluding diaryl/α,β-unsaturated/α-hetero) is 1. The van der Waals surface area contributed by atoms with Crippen molar-refractivity contribution >= 4 is 17.7 Å². The van der Waals surface area contributed by atoms with Crippen LogP contribution in [0.2, 0.25) is 0 Å². The lowest BCUT2D eigenvalue weighted by atomic mass is 9.77. The van der Waals surface area contributed by atoms with Crippen LogP contribution in [0.4, 0.5) is 0 Å². The summed E-state index contributed by atoms with van der Waals surface area (Å²) in [4.78, 5) is 38.2. The molecule has 1 N–H and O–H groups in total. The van der Waals surface area contributed by atoms with E-state index in [1.807, 2.05) is 37.3 Å². The molecule has 5 heteroatoms. The molecule has 1 amide bonds. The summed E-state index contributed by atoms with van der Waals surface area (Å²) in [7, 11) is 0. The first-order valence-electron chi connectivity index (χ1n) is 9.91. The number of esters is 1. The van der Waals surface area contributed by atoms with Crippen LogP contribution in [0.3, 0.4) is 0 Å². The van der Waals surface area contributed by atoms with Crippen molar-refractivity contribution in [3.8, 4) is 0 Å². The number of amides is 1. The monoisotopic (exact) mass is 407 g/mol. The predicted molar refractivity (Wildman–Crippen MR) is 117 cm³/mol. The maximum absolute atomic E-state index is 13.3. The third kappa shape index (κ3) is 5.89. The fourth-order valence-electron chi connectivity index (χ4n) is 3.08. The van der Waals surface area contributed by atoms with Crippen molar-refractivity contribution in [2.45, 2.75) is 46.3 Å². The molecule has 158 valence electrons. The normalized spacial score (nSPS) is 13.1. The lowest BCUT2D eigenvalue weighted by Gasteiger charge is -2.32. The number of rotatable bonds is 9. The summed E-state index contributed by atoms with van der Waals surface area (Å²) in [5.74, 6) is -1.47. The number of benzene rings is 2. The van der Waals surface area contributed by atoms with Crippen LogP contribution in [0.5, 0.6) is 0 Å². The van der Waals surface area contributed by atoms with Crippen LogP contribution in [0.1, 0.15) is 48.7 Å². The van der Waals surface area contributed by atoms with Crippen molar-refractivity contribution in [2.24, 2.45) is 5.41 Å². The summed E-state index contributed by atoms with van der Waals surface area (Å²) in [5.41, 5.74) is -0.0955. The summed E-state index contributed by atoms with van der Waals surface area (Å²) in [6.07, 6.45) is 1.90. The number of aryl methyl sites for hydroxylation is 2. The predicted octanol–water partition coefficient (Wildman–Crippen LogP) is 4.40. The van der Waals surface area contributed by atoms with E-state index in [1.54, 1.807) is 45.0 Å². The quantitative estimate of drug-likeness (QED) is 0.220. The van der Waals surface area contributed by atoms with E-state index in [9.17, 15) is 14.4 Å². The number of ketones is 1. The number of hydrogen-bond acceptors (Lipinski definition) is 4. The average molecular weight is 408 g/mol. The maximum Gasteiger partial charge on any atom is 0.321 e. The molecule has 2 aromatic carbocycles. The number of carbonyl (C=O) groups is 3. The highest BCUT2D eigenvalue weighted by Crippen LogP contribution is 2.32. The van der Waals surface area contributed by atoms with Crippen molar-refractivity contribution in [1.29, 1.82) is 0 Å². The standard InChI is InChI=1S/C25H29NO4/c1-6-21(27)26-24(3,4)30-23(29)25(5,22(28)20-10-8-7-9-11-20)17-16-19-14-12-18(2)13-15-19/h6-15H,1,16-17H2,2-5H3,(H,26,27). The second kappa shape index (κ2) is 9.53. The zero-order valence-corrected chi connectivity index (χ0v) is 18.0. The topological polar surface area (TPSA) is 72.5 Å². The largest absolute Gasteiger partial charge is 0.439 e. The van der Waals surface area contributed by atoms with Gasteiger partial charge in [0, 0.05) is 5.56 Å². The van der Waals surface area contributed by atoms with Crippen LogP contribution < -0.4 is 5.32 Å². The van der Waals surface area contributed by atoms with E-state index < -0.39 is 23.0 Å². The minimum Gasteiger partial charge on any atom is -0.439 e. The van der Waals surface area contributed by atoms with Gasteiger partial charge >= 0.3 is 5.97 Å². The van der Waals surface area contributed by atoms with Gasteiger partial charge in [0.25, 0.3) is 0 Å². The van der Waals surface area contributed by atoms with Gasteiger partial charge in [-0.15, -0.1) is 0 Å². The average Bonchev–Trinajstić information content (AvgIpc) is 2.72. The molecule has 0 aliphatic carbocycles. The zero-order chi connectivity index (χ0) is 22.4. The molecular weight excluding hydrogens is 378 g/mol. The molecule has 2 rings (SSSR count). The molecular formula is C25H29NO4. The van der Waals surface area contributed by atoms with E-state index in [0.717, 1.165) is 17.2 Å². The Kier molecular flexibility index (Phi) is 7.33. The van der Waals surface area contributed by atoms with Gasteiger partial charge in [-0.1, -0.05) is 66.7 Å². The van der Waals surface area contributed by atoms with Gasteiger partial charge in [0.05, 0.1) is 0 Å².